The third kappa shape index (κ3) is 4.49. The van der Waals surface area contributed by atoms with Gasteiger partial charge in [-0.05, 0) is 56.2 Å². The zero-order chi connectivity index (χ0) is 15.2. The quantitative estimate of drug-likeness (QED) is 0.655. The SMILES string of the molecule is C/C(=N\NC(=O)COc1cc(C)cc(C)c1)c1ccc[nH]1. The number of aromatic amines is 1. The number of aromatic nitrogens is 1. The van der Waals surface area contributed by atoms with Crippen LogP contribution in [-0.4, -0.2) is 23.2 Å². The Labute approximate surface area is 124 Å². The summed E-state index contributed by atoms with van der Waals surface area (Å²) >= 11 is 0. The second-order valence-electron chi connectivity index (χ2n) is 4.93. The Hall–Kier alpha value is -2.56. The lowest BCUT2D eigenvalue weighted by Crippen LogP contribution is -2.25. The highest BCUT2D eigenvalue weighted by Gasteiger charge is 2.04. The van der Waals surface area contributed by atoms with Gasteiger partial charge in [-0.15, -0.1) is 0 Å². The first-order valence-corrected chi connectivity index (χ1v) is 6.72. The Morgan fingerprint density at radius 3 is 2.62 bits per heavy atom. The summed E-state index contributed by atoms with van der Waals surface area (Å²) in [4.78, 5) is 14.7. The number of nitrogens with zero attached hydrogens (tertiary/aromatic N) is 1. The van der Waals surface area contributed by atoms with Gasteiger partial charge in [0.15, 0.2) is 6.61 Å². The van der Waals surface area contributed by atoms with E-state index in [1.54, 1.807) is 6.20 Å². The molecule has 0 aliphatic carbocycles. The lowest BCUT2D eigenvalue weighted by atomic mass is 10.1. The van der Waals surface area contributed by atoms with Crippen molar-refractivity contribution in [2.45, 2.75) is 20.8 Å². The maximum absolute atomic E-state index is 11.7. The molecule has 2 N–H and O–H groups in total. The van der Waals surface area contributed by atoms with Crippen molar-refractivity contribution in [3.8, 4) is 5.75 Å². The molecule has 110 valence electrons. The first kappa shape index (κ1) is 14.8. The molecule has 5 heteroatoms. The molecule has 0 fully saturated rings. The Morgan fingerprint density at radius 1 is 1.29 bits per heavy atom. The van der Waals surface area contributed by atoms with Gasteiger partial charge in [-0.1, -0.05) is 6.07 Å². The van der Waals surface area contributed by atoms with Crippen molar-refractivity contribution in [3.05, 3.63) is 53.3 Å². The monoisotopic (exact) mass is 285 g/mol. The molecule has 1 amide bonds. The molecule has 0 radical (unpaired) electrons. The Balaban J connectivity index is 1.86. The number of rotatable bonds is 5. The van der Waals surface area contributed by atoms with Crippen molar-refractivity contribution in [3.63, 3.8) is 0 Å². The Morgan fingerprint density at radius 2 is 2.00 bits per heavy atom. The largest absolute Gasteiger partial charge is 0.484 e. The van der Waals surface area contributed by atoms with Crippen molar-refractivity contribution in [2.24, 2.45) is 5.10 Å². The lowest BCUT2D eigenvalue weighted by molar-refractivity contribution is -0.123. The van der Waals surface area contributed by atoms with E-state index in [0.717, 1.165) is 16.8 Å². The maximum atomic E-state index is 11.7. The van der Waals surface area contributed by atoms with Crippen molar-refractivity contribution in [1.29, 1.82) is 0 Å². The van der Waals surface area contributed by atoms with Gasteiger partial charge in [-0.2, -0.15) is 5.10 Å². The summed E-state index contributed by atoms with van der Waals surface area (Å²) in [6, 6.07) is 9.61. The number of carbonyl (C=O) groups excluding carboxylic acids is 1. The highest BCUT2D eigenvalue weighted by Crippen LogP contribution is 2.15. The van der Waals surface area contributed by atoms with E-state index in [4.69, 9.17) is 4.74 Å². The molecule has 21 heavy (non-hydrogen) atoms. The van der Waals surface area contributed by atoms with Crippen LogP contribution in [0.15, 0.2) is 41.6 Å². The topological polar surface area (TPSA) is 66.5 Å². The fourth-order valence-corrected chi connectivity index (χ4v) is 1.96. The average molecular weight is 285 g/mol. The van der Waals surface area contributed by atoms with Gasteiger partial charge in [-0.3, -0.25) is 4.79 Å². The summed E-state index contributed by atoms with van der Waals surface area (Å²) in [7, 11) is 0. The molecule has 0 saturated heterocycles. The number of amides is 1. The standard InChI is InChI=1S/C16H19N3O2/c1-11-7-12(2)9-14(8-11)21-10-16(20)19-18-13(3)15-5-4-6-17-15/h4-9,17H,10H2,1-3H3,(H,19,20)/b18-13+. The fraction of sp³-hybridized carbons (Fsp3) is 0.250. The molecular formula is C16H19N3O2. The van der Waals surface area contributed by atoms with Crippen LogP contribution in [-0.2, 0) is 4.79 Å². The molecule has 0 bridgehead atoms. The van der Waals surface area contributed by atoms with E-state index in [-0.39, 0.29) is 12.5 Å². The molecule has 0 atom stereocenters. The average Bonchev–Trinajstić information content (AvgIpc) is 2.95. The van der Waals surface area contributed by atoms with Gasteiger partial charge in [0, 0.05) is 6.20 Å². The van der Waals surface area contributed by atoms with Crippen LogP contribution in [0.2, 0.25) is 0 Å². The van der Waals surface area contributed by atoms with Crippen molar-refractivity contribution < 1.29 is 9.53 Å². The van der Waals surface area contributed by atoms with Crippen LogP contribution in [0.25, 0.3) is 0 Å². The fourth-order valence-electron chi connectivity index (χ4n) is 1.96. The molecule has 0 aliphatic heterocycles. The molecule has 0 saturated carbocycles. The number of nitrogens with one attached hydrogen (secondary N) is 2. The van der Waals surface area contributed by atoms with Crippen LogP contribution in [0.3, 0.4) is 0 Å². The number of hydrogen-bond acceptors (Lipinski definition) is 3. The minimum Gasteiger partial charge on any atom is -0.484 e. The minimum atomic E-state index is -0.292. The van der Waals surface area contributed by atoms with E-state index in [1.807, 2.05) is 45.0 Å². The van der Waals surface area contributed by atoms with E-state index >= 15 is 0 Å². The van der Waals surface area contributed by atoms with Crippen LogP contribution in [0, 0.1) is 13.8 Å². The molecule has 2 aromatic rings. The van der Waals surface area contributed by atoms with Gasteiger partial charge >= 0.3 is 0 Å². The third-order valence-corrected chi connectivity index (χ3v) is 2.90. The predicted molar refractivity (Wildman–Crippen MR) is 82.6 cm³/mol. The number of ether oxygens (including phenoxy) is 1. The van der Waals surface area contributed by atoms with E-state index in [1.165, 1.54) is 0 Å². The predicted octanol–water partition coefficient (Wildman–Crippen LogP) is 2.55. The second-order valence-corrected chi connectivity index (χ2v) is 4.93. The van der Waals surface area contributed by atoms with Gasteiger partial charge in [0.1, 0.15) is 5.75 Å². The number of H-pyrrole nitrogens is 1. The number of aryl methyl sites for hydroxylation is 2. The zero-order valence-corrected chi connectivity index (χ0v) is 12.4. The van der Waals surface area contributed by atoms with Gasteiger partial charge in [0.2, 0.25) is 0 Å². The lowest BCUT2D eigenvalue weighted by Gasteiger charge is -2.07. The van der Waals surface area contributed by atoms with Crippen LogP contribution in [0.1, 0.15) is 23.7 Å². The van der Waals surface area contributed by atoms with Crippen LogP contribution >= 0.6 is 0 Å². The summed E-state index contributed by atoms with van der Waals surface area (Å²) in [6.45, 7) is 5.73. The van der Waals surface area contributed by atoms with Gasteiger partial charge < -0.3 is 9.72 Å². The summed E-state index contributed by atoms with van der Waals surface area (Å²) in [5.74, 6) is 0.396. The van der Waals surface area contributed by atoms with Crippen molar-refractivity contribution in [1.82, 2.24) is 10.4 Å². The first-order valence-electron chi connectivity index (χ1n) is 6.72. The summed E-state index contributed by atoms with van der Waals surface area (Å²) < 4.78 is 5.46. The summed E-state index contributed by atoms with van der Waals surface area (Å²) in [5.41, 5.74) is 6.25. The van der Waals surface area contributed by atoms with E-state index in [9.17, 15) is 4.79 Å². The number of hydrogen-bond donors (Lipinski definition) is 2. The molecule has 5 nitrogen and oxygen atoms in total. The molecule has 1 aromatic carbocycles. The highest BCUT2D eigenvalue weighted by atomic mass is 16.5. The van der Waals surface area contributed by atoms with Gasteiger partial charge in [-0.25, -0.2) is 5.43 Å². The Bertz CT molecular complexity index is 625. The smallest absolute Gasteiger partial charge is 0.277 e. The molecule has 0 aliphatic rings. The highest BCUT2D eigenvalue weighted by molar-refractivity contribution is 5.97. The molecule has 1 heterocycles. The van der Waals surface area contributed by atoms with E-state index in [2.05, 4.69) is 21.6 Å². The van der Waals surface area contributed by atoms with E-state index in [0.29, 0.717) is 11.5 Å². The molecule has 1 aromatic heterocycles. The molecular weight excluding hydrogens is 266 g/mol. The number of hydrazone groups is 1. The second kappa shape index (κ2) is 6.74. The molecule has 0 unspecified atom stereocenters. The zero-order valence-electron chi connectivity index (χ0n) is 12.4. The third-order valence-electron chi connectivity index (χ3n) is 2.90. The normalized spacial score (nSPS) is 11.3. The minimum absolute atomic E-state index is 0.0651. The summed E-state index contributed by atoms with van der Waals surface area (Å²) in [5, 5.41) is 4.02. The van der Waals surface area contributed by atoms with Crippen molar-refractivity contribution >= 4 is 11.6 Å². The number of carbonyl (C=O) groups is 1. The van der Waals surface area contributed by atoms with Gasteiger partial charge in [0.05, 0.1) is 11.4 Å². The van der Waals surface area contributed by atoms with Crippen LogP contribution in [0.4, 0.5) is 0 Å². The Kier molecular flexibility index (Phi) is 4.77. The van der Waals surface area contributed by atoms with Gasteiger partial charge in [0.25, 0.3) is 5.91 Å². The van der Waals surface area contributed by atoms with E-state index < -0.39 is 0 Å². The maximum Gasteiger partial charge on any atom is 0.277 e. The van der Waals surface area contributed by atoms with Crippen LogP contribution in [0.5, 0.6) is 5.75 Å². The van der Waals surface area contributed by atoms with Crippen molar-refractivity contribution in [2.75, 3.05) is 6.61 Å². The first-order chi connectivity index (χ1) is 10.0. The number of benzene rings is 1. The summed E-state index contributed by atoms with van der Waals surface area (Å²) in [6.07, 6.45) is 1.80. The molecule has 0 spiro atoms. The molecule has 2 rings (SSSR count). The van der Waals surface area contributed by atoms with Crippen LogP contribution < -0.4 is 10.2 Å².